The molecule has 0 aliphatic carbocycles. The van der Waals surface area contributed by atoms with Crippen LogP contribution in [0.5, 0.6) is 0 Å². The highest BCUT2D eigenvalue weighted by atomic mass is 79.9. The molecule has 94 valence electrons. The Balaban J connectivity index is 2.12. The SMILES string of the molecule is CN(c1ccc(CBr)c(Cl)c1)C1CCOCC1. The van der Waals surface area contributed by atoms with Gasteiger partial charge < -0.3 is 9.64 Å². The monoisotopic (exact) mass is 317 g/mol. The maximum absolute atomic E-state index is 6.23. The fourth-order valence-electron chi connectivity index (χ4n) is 2.15. The van der Waals surface area contributed by atoms with Gasteiger partial charge in [-0.2, -0.15) is 0 Å². The molecule has 4 heteroatoms. The Labute approximate surface area is 116 Å². The third-order valence-electron chi connectivity index (χ3n) is 3.33. The number of alkyl halides is 1. The summed E-state index contributed by atoms with van der Waals surface area (Å²) in [7, 11) is 2.13. The minimum Gasteiger partial charge on any atom is -0.381 e. The topological polar surface area (TPSA) is 12.5 Å². The summed E-state index contributed by atoms with van der Waals surface area (Å²) in [6, 6.07) is 6.84. The molecule has 1 aromatic carbocycles. The summed E-state index contributed by atoms with van der Waals surface area (Å²) in [5.41, 5.74) is 2.32. The second-order valence-corrected chi connectivity index (χ2v) is 5.33. The average Bonchev–Trinajstić information content (AvgIpc) is 2.39. The maximum atomic E-state index is 6.23. The van der Waals surface area contributed by atoms with Crippen LogP contribution in [0.2, 0.25) is 5.02 Å². The third kappa shape index (κ3) is 3.15. The molecule has 0 saturated carbocycles. The number of halogens is 2. The van der Waals surface area contributed by atoms with Crippen LogP contribution in [-0.2, 0) is 10.1 Å². The Morgan fingerprint density at radius 3 is 2.71 bits per heavy atom. The molecule has 0 bridgehead atoms. The van der Waals surface area contributed by atoms with E-state index in [1.807, 2.05) is 6.07 Å². The van der Waals surface area contributed by atoms with Crippen LogP contribution < -0.4 is 4.90 Å². The molecule has 1 heterocycles. The lowest BCUT2D eigenvalue weighted by Gasteiger charge is -2.33. The van der Waals surface area contributed by atoms with E-state index in [-0.39, 0.29) is 0 Å². The molecule has 1 aromatic rings. The Bertz CT molecular complexity index is 380. The van der Waals surface area contributed by atoms with Gasteiger partial charge in [0.25, 0.3) is 0 Å². The number of rotatable bonds is 3. The Morgan fingerprint density at radius 2 is 2.12 bits per heavy atom. The van der Waals surface area contributed by atoms with Gasteiger partial charge in [0.1, 0.15) is 0 Å². The number of hydrogen-bond donors (Lipinski definition) is 0. The zero-order valence-electron chi connectivity index (χ0n) is 9.96. The van der Waals surface area contributed by atoms with Gasteiger partial charge in [-0.3, -0.25) is 0 Å². The number of anilines is 1. The zero-order chi connectivity index (χ0) is 12.3. The predicted molar refractivity (Wildman–Crippen MR) is 76.3 cm³/mol. The van der Waals surface area contributed by atoms with Crippen molar-refractivity contribution in [3.05, 3.63) is 28.8 Å². The molecule has 0 N–H and O–H groups in total. The lowest BCUT2D eigenvalue weighted by atomic mass is 10.1. The minimum atomic E-state index is 0.564. The molecule has 2 rings (SSSR count). The smallest absolute Gasteiger partial charge is 0.0485 e. The molecule has 0 amide bonds. The highest BCUT2D eigenvalue weighted by Gasteiger charge is 2.19. The molecular formula is C13H17BrClNO. The molecule has 0 atom stereocenters. The lowest BCUT2D eigenvalue weighted by Crippen LogP contribution is -2.36. The third-order valence-corrected chi connectivity index (χ3v) is 4.28. The summed E-state index contributed by atoms with van der Waals surface area (Å²) in [5, 5.41) is 1.63. The fourth-order valence-corrected chi connectivity index (χ4v) is 3.04. The average molecular weight is 319 g/mol. The van der Waals surface area contributed by atoms with Crippen molar-refractivity contribution >= 4 is 33.2 Å². The zero-order valence-corrected chi connectivity index (χ0v) is 12.3. The van der Waals surface area contributed by atoms with Gasteiger partial charge in [0.2, 0.25) is 0 Å². The molecular weight excluding hydrogens is 302 g/mol. The van der Waals surface area contributed by atoms with Crippen molar-refractivity contribution in [2.75, 3.05) is 25.2 Å². The van der Waals surface area contributed by atoms with Gasteiger partial charge in [-0.1, -0.05) is 33.6 Å². The van der Waals surface area contributed by atoms with Crippen LogP contribution in [-0.4, -0.2) is 26.3 Å². The summed E-state index contributed by atoms with van der Waals surface area (Å²) in [6.45, 7) is 1.73. The van der Waals surface area contributed by atoms with E-state index in [1.165, 1.54) is 5.69 Å². The summed E-state index contributed by atoms with van der Waals surface area (Å²) in [6.07, 6.45) is 2.18. The number of nitrogens with zero attached hydrogens (tertiary/aromatic N) is 1. The van der Waals surface area contributed by atoms with E-state index >= 15 is 0 Å². The van der Waals surface area contributed by atoms with E-state index in [0.29, 0.717) is 6.04 Å². The largest absolute Gasteiger partial charge is 0.381 e. The van der Waals surface area contributed by atoms with Gasteiger partial charge in [0.05, 0.1) is 0 Å². The van der Waals surface area contributed by atoms with Crippen molar-refractivity contribution in [1.29, 1.82) is 0 Å². The minimum absolute atomic E-state index is 0.564. The predicted octanol–water partition coefficient (Wildman–Crippen LogP) is 3.85. The van der Waals surface area contributed by atoms with Gasteiger partial charge in [-0.05, 0) is 30.5 Å². The molecule has 0 spiro atoms. The van der Waals surface area contributed by atoms with Crippen LogP contribution in [0.1, 0.15) is 18.4 Å². The van der Waals surface area contributed by atoms with Crippen LogP contribution in [0.4, 0.5) is 5.69 Å². The van der Waals surface area contributed by atoms with E-state index in [9.17, 15) is 0 Å². The van der Waals surface area contributed by atoms with Crippen LogP contribution in [0, 0.1) is 0 Å². The number of ether oxygens (including phenoxy) is 1. The summed E-state index contributed by atoms with van der Waals surface area (Å²) in [4.78, 5) is 2.31. The quantitative estimate of drug-likeness (QED) is 0.785. The van der Waals surface area contributed by atoms with Crippen LogP contribution in [0.3, 0.4) is 0 Å². The van der Waals surface area contributed by atoms with Crippen molar-refractivity contribution < 1.29 is 4.74 Å². The van der Waals surface area contributed by atoms with Gasteiger partial charge in [-0.15, -0.1) is 0 Å². The Hall–Kier alpha value is -0.250. The summed E-state index contributed by atoms with van der Waals surface area (Å²) in [5.74, 6) is 0. The van der Waals surface area contributed by atoms with E-state index in [2.05, 4.69) is 40.0 Å². The van der Waals surface area contributed by atoms with Crippen molar-refractivity contribution in [3.63, 3.8) is 0 Å². The molecule has 2 nitrogen and oxygen atoms in total. The second-order valence-electron chi connectivity index (χ2n) is 4.36. The van der Waals surface area contributed by atoms with Crippen LogP contribution in [0.15, 0.2) is 18.2 Å². The van der Waals surface area contributed by atoms with Gasteiger partial charge in [0.15, 0.2) is 0 Å². The first-order valence-electron chi connectivity index (χ1n) is 5.87. The van der Waals surface area contributed by atoms with E-state index in [0.717, 1.165) is 42.0 Å². The van der Waals surface area contributed by atoms with Gasteiger partial charge >= 0.3 is 0 Å². The second kappa shape index (κ2) is 6.07. The first-order valence-corrected chi connectivity index (χ1v) is 7.37. The molecule has 1 aliphatic rings. The molecule has 0 aromatic heterocycles. The van der Waals surface area contributed by atoms with Gasteiger partial charge in [0, 0.05) is 42.3 Å². The normalized spacial score (nSPS) is 17.1. The first-order chi connectivity index (χ1) is 8.22. The van der Waals surface area contributed by atoms with Gasteiger partial charge in [-0.25, -0.2) is 0 Å². The van der Waals surface area contributed by atoms with E-state index in [4.69, 9.17) is 16.3 Å². The summed E-state index contributed by atoms with van der Waals surface area (Å²) >= 11 is 9.66. The van der Waals surface area contributed by atoms with Crippen LogP contribution in [0.25, 0.3) is 0 Å². The van der Waals surface area contributed by atoms with Crippen molar-refractivity contribution in [1.82, 2.24) is 0 Å². The molecule has 1 fully saturated rings. The molecule has 0 unspecified atom stereocenters. The molecule has 1 aliphatic heterocycles. The first kappa shape index (κ1) is 13.2. The highest BCUT2D eigenvalue weighted by Crippen LogP contribution is 2.27. The van der Waals surface area contributed by atoms with Crippen molar-refractivity contribution in [3.8, 4) is 0 Å². The number of hydrogen-bond acceptors (Lipinski definition) is 2. The molecule has 17 heavy (non-hydrogen) atoms. The lowest BCUT2D eigenvalue weighted by molar-refractivity contribution is 0.0855. The number of benzene rings is 1. The standard InChI is InChI=1S/C13H17BrClNO/c1-16(11-4-6-17-7-5-11)12-3-2-10(9-14)13(15)8-12/h2-3,8,11H,4-7,9H2,1H3. The Morgan fingerprint density at radius 1 is 1.41 bits per heavy atom. The Kier molecular flexibility index (Phi) is 4.71. The van der Waals surface area contributed by atoms with Crippen LogP contribution >= 0.6 is 27.5 Å². The molecule has 1 saturated heterocycles. The van der Waals surface area contributed by atoms with E-state index in [1.54, 1.807) is 0 Å². The van der Waals surface area contributed by atoms with E-state index < -0.39 is 0 Å². The van der Waals surface area contributed by atoms with Crippen molar-refractivity contribution in [2.24, 2.45) is 0 Å². The summed E-state index contributed by atoms with van der Waals surface area (Å²) < 4.78 is 5.39. The molecule has 0 radical (unpaired) electrons. The fraction of sp³-hybridized carbons (Fsp3) is 0.538. The maximum Gasteiger partial charge on any atom is 0.0485 e. The van der Waals surface area contributed by atoms with Crippen molar-refractivity contribution in [2.45, 2.75) is 24.2 Å². The highest BCUT2D eigenvalue weighted by molar-refractivity contribution is 9.08.